The summed E-state index contributed by atoms with van der Waals surface area (Å²) in [5.41, 5.74) is -0.815. The van der Waals surface area contributed by atoms with Crippen LogP contribution >= 0.6 is 0 Å². The minimum Gasteiger partial charge on any atom is -0.444 e. The van der Waals surface area contributed by atoms with E-state index in [1.54, 1.807) is 0 Å². The van der Waals surface area contributed by atoms with E-state index >= 15 is 0 Å². The predicted molar refractivity (Wildman–Crippen MR) is 129 cm³/mol. The maximum Gasteiger partial charge on any atom is 0.407 e. The lowest BCUT2D eigenvalue weighted by Gasteiger charge is -2.36. The molecule has 0 aliphatic carbocycles. The van der Waals surface area contributed by atoms with Gasteiger partial charge in [0.05, 0.1) is 0 Å². The molecule has 190 valence electrons. The van der Waals surface area contributed by atoms with Gasteiger partial charge in [-0.15, -0.1) is 0 Å². The molecule has 2 amide bonds. The van der Waals surface area contributed by atoms with E-state index in [4.69, 9.17) is 9.47 Å². The summed E-state index contributed by atoms with van der Waals surface area (Å²) in [6.07, 6.45) is 8.69. The van der Waals surface area contributed by atoms with Crippen molar-refractivity contribution in [1.29, 1.82) is 0 Å². The number of hydrogen-bond acceptors (Lipinski definition) is 6. The molecule has 0 radical (unpaired) electrons. The SMILES string of the molecule is CC(C)(C)OC(=O)NC1CC2CCC(C1)N2.CN1C2CCC1CC(NC(=O)OC(C)(C)C)C2. The van der Waals surface area contributed by atoms with Crippen molar-refractivity contribution in [2.24, 2.45) is 0 Å². The maximum atomic E-state index is 11.7. The smallest absolute Gasteiger partial charge is 0.407 e. The van der Waals surface area contributed by atoms with Gasteiger partial charge in [0.25, 0.3) is 0 Å². The average molecular weight is 467 g/mol. The first-order valence-corrected chi connectivity index (χ1v) is 12.7. The number of amides is 2. The van der Waals surface area contributed by atoms with E-state index in [2.05, 4.69) is 27.9 Å². The Bertz CT molecular complexity index is 661. The van der Waals surface area contributed by atoms with Crippen LogP contribution in [0.1, 0.15) is 92.9 Å². The monoisotopic (exact) mass is 466 g/mol. The van der Waals surface area contributed by atoms with E-state index in [0.29, 0.717) is 30.2 Å². The standard InChI is InChI=1S/C13H24N2O2.C12H22N2O2/c1-13(2,3)17-12(16)14-9-7-10-5-6-11(8-9)15(10)4;1-12(2,3)16-11(15)14-10-6-8-4-5-9(7-10)13-8/h9-11H,5-8H2,1-4H3,(H,14,16);8-10,13H,4-7H2,1-3H3,(H,14,15). The molecule has 4 bridgehead atoms. The molecule has 0 aromatic carbocycles. The lowest BCUT2D eigenvalue weighted by Crippen LogP contribution is -2.49. The lowest BCUT2D eigenvalue weighted by molar-refractivity contribution is 0.0454. The van der Waals surface area contributed by atoms with Crippen LogP contribution in [-0.4, -0.2) is 71.6 Å². The zero-order valence-corrected chi connectivity index (χ0v) is 21.7. The van der Waals surface area contributed by atoms with E-state index < -0.39 is 11.2 Å². The first kappa shape index (κ1) is 26.1. The highest BCUT2D eigenvalue weighted by Crippen LogP contribution is 2.34. The van der Waals surface area contributed by atoms with Gasteiger partial charge in [-0.05, 0) is 100.0 Å². The maximum absolute atomic E-state index is 11.7. The number of hydrogen-bond donors (Lipinski definition) is 3. The van der Waals surface area contributed by atoms with Crippen LogP contribution in [0.5, 0.6) is 0 Å². The molecular formula is C25H46N4O4. The van der Waals surface area contributed by atoms with Gasteiger partial charge in [0.2, 0.25) is 0 Å². The normalized spacial score (nSPS) is 33.5. The summed E-state index contributed by atoms with van der Waals surface area (Å²) < 4.78 is 10.6. The quantitative estimate of drug-likeness (QED) is 0.571. The molecule has 4 unspecified atom stereocenters. The van der Waals surface area contributed by atoms with Gasteiger partial charge in [-0.1, -0.05) is 0 Å². The minimum atomic E-state index is -0.408. The molecule has 4 heterocycles. The van der Waals surface area contributed by atoms with Crippen molar-refractivity contribution < 1.29 is 19.1 Å². The molecule has 8 nitrogen and oxygen atoms in total. The predicted octanol–water partition coefficient (Wildman–Crippen LogP) is 3.93. The summed E-state index contributed by atoms with van der Waals surface area (Å²) in [7, 11) is 2.20. The number of carbonyl (C=O) groups excluding carboxylic acids is 2. The van der Waals surface area contributed by atoms with Crippen molar-refractivity contribution in [3.05, 3.63) is 0 Å². The third-order valence-corrected chi connectivity index (χ3v) is 7.01. The molecular weight excluding hydrogens is 420 g/mol. The van der Waals surface area contributed by atoms with Crippen LogP contribution in [0.2, 0.25) is 0 Å². The molecule has 4 rings (SSSR count). The third kappa shape index (κ3) is 8.32. The van der Waals surface area contributed by atoms with E-state index in [-0.39, 0.29) is 18.2 Å². The molecule has 0 spiro atoms. The molecule has 0 aromatic rings. The second-order valence-corrected chi connectivity index (χ2v) is 12.3. The minimum absolute atomic E-state index is 0.272. The zero-order chi connectivity index (χ0) is 24.4. The number of piperidine rings is 2. The summed E-state index contributed by atoms with van der Waals surface area (Å²) in [4.78, 5) is 25.8. The summed E-state index contributed by atoms with van der Waals surface area (Å²) >= 11 is 0. The number of alkyl carbamates (subject to hydrolysis) is 2. The Labute approximate surface area is 199 Å². The van der Waals surface area contributed by atoms with Gasteiger partial charge in [0.1, 0.15) is 11.2 Å². The number of fused-ring (bicyclic) bond motifs is 4. The molecule has 0 saturated carbocycles. The Hall–Kier alpha value is -1.54. The Morgan fingerprint density at radius 1 is 0.727 bits per heavy atom. The van der Waals surface area contributed by atoms with Crippen molar-refractivity contribution in [3.8, 4) is 0 Å². The van der Waals surface area contributed by atoms with Gasteiger partial charge in [-0.2, -0.15) is 0 Å². The first-order valence-electron chi connectivity index (χ1n) is 12.7. The van der Waals surface area contributed by atoms with Gasteiger partial charge in [0.15, 0.2) is 0 Å². The molecule has 0 aromatic heterocycles. The zero-order valence-electron chi connectivity index (χ0n) is 21.7. The molecule has 4 saturated heterocycles. The van der Waals surface area contributed by atoms with Crippen molar-refractivity contribution in [2.75, 3.05) is 7.05 Å². The first-order chi connectivity index (χ1) is 15.3. The largest absolute Gasteiger partial charge is 0.444 e. The highest BCUT2D eigenvalue weighted by Gasteiger charge is 2.39. The molecule has 4 aliphatic rings. The van der Waals surface area contributed by atoms with Gasteiger partial charge in [-0.3, -0.25) is 0 Å². The van der Waals surface area contributed by atoms with Crippen molar-refractivity contribution in [3.63, 3.8) is 0 Å². The van der Waals surface area contributed by atoms with E-state index in [0.717, 1.165) is 25.7 Å². The van der Waals surface area contributed by atoms with Crippen LogP contribution in [0.15, 0.2) is 0 Å². The lowest BCUT2D eigenvalue weighted by atomic mass is 9.98. The summed E-state index contributed by atoms with van der Waals surface area (Å²) in [6, 6.07) is 3.06. The van der Waals surface area contributed by atoms with Gasteiger partial charge in [0, 0.05) is 36.3 Å². The Kier molecular flexibility index (Phi) is 8.20. The fraction of sp³-hybridized carbons (Fsp3) is 0.920. The second-order valence-electron chi connectivity index (χ2n) is 12.3. The Morgan fingerprint density at radius 2 is 1.12 bits per heavy atom. The molecule has 8 heteroatoms. The number of carbonyl (C=O) groups is 2. The van der Waals surface area contributed by atoms with Crippen LogP contribution in [0.3, 0.4) is 0 Å². The molecule has 4 atom stereocenters. The van der Waals surface area contributed by atoms with E-state index in [1.165, 1.54) is 25.7 Å². The van der Waals surface area contributed by atoms with Crippen molar-refractivity contribution >= 4 is 12.2 Å². The van der Waals surface area contributed by atoms with Crippen molar-refractivity contribution in [1.82, 2.24) is 20.9 Å². The van der Waals surface area contributed by atoms with Gasteiger partial charge in [-0.25, -0.2) is 9.59 Å². The molecule has 33 heavy (non-hydrogen) atoms. The fourth-order valence-corrected chi connectivity index (χ4v) is 5.65. The van der Waals surface area contributed by atoms with E-state index in [9.17, 15) is 9.59 Å². The highest BCUT2D eigenvalue weighted by molar-refractivity contribution is 5.68. The molecule has 3 N–H and O–H groups in total. The Morgan fingerprint density at radius 3 is 1.52 bits per heavy atom. The fourth-order valence-electron chi connectivity index (χ4n) is 5.65. The molecule has 4 fully saturated rings. The number of rotatable bonds is 2. The number of nitrogens with one attached hydrogen (secondary N) is 3. The average Bonchev–Trinajstić information content (AvgIpc) is 3.05. The Balaban J connectivity index is 0.000000186. The van der Waals surface area contributed by atoms with Crippen LogP contribution in [-0.2, 0) is 9.47 Å². The molecule has 4 aliphatic heterocycles. The van der Waals surface area contributed by atoms with E-state index in [1.807, 2.05) is 41.5 Å². The highest BCUT2D eigenvalue weighted by atomic mass is 16.6. The van der Waals surface area contributed by atoms with Crippen LogP contribution in [0.25, 0.3) is 0 Å². The van der Waals surface area contributed by atoms with Crippen LogP contribution < -0.4 is 16.0 Å². The van der Waals surface area contributed by atoms with Gasteiger partial charge < -0.3 is 30.3 Å². The summed E-state index contributed by atoms with van der Waals surface area (Å²) in [6.45, 7) is 11.3. The summed E-state index contributed by atoms with van der Waals surface area (Å²) in [5.74, 6) is 0. The van der Waals surface area contributed by atoms with Gasteiger partial charge >= 0.3 is 12.2 Å². The summed E-state index contributed by atoms with van der Waals surface area (Å²) in [5, 5.41) is 9.53. The number of nitrogens with zero attached hydrogens (tertiary/aromatic N) is 1. The topological polar surface area (TPSA) is 91.9 Å². The third-order valence-electron chi connectivity index (χ3n) is 7.01. The second kappa shape index (κ2) is 10.4. The van der Waals surface area contributed by atoms with Crippen molar-refractivity contribution in [2.45, 2.75) is 140 Å². The number of ether oxygens (including phenoxy) is 2. The van der Waals surface area contributed by atoms with Crippen LogP contribution in [0, 0.1) is 0 Å². The van der Waals surface area contributed by atoms with Crippen LogP contribution in [0.4, 0.5) is 9.59 Å².